The molecule has 150 valence electrons. The molecule has 0 amide bonds. The molecule has 0 heterocycles. The summed E-state index contributed by atoms with van der Waals surface area (Å²) in [7, 11) is -3.62. The van der Waals surface area contributed by atoms with E-state index in [1.54, 1.807) is 12.1 Å². The molecule has 0 aliphatic heterocycles. The highest BCUT2D eigenvalue weighted by Gasteiger charge is 2.54. The van der Waals surface area contributed by atoms with Gasteiger partial charge >= 0.3 is 0 Å². The van der Waals surface area contributed by atoms with Gasteiger partial charge in [-0.3, -0.25) is 0 Å². The summed E-state index contributed by atoms with van der Waals surface area (Å²) in [6.45, 7) is 2.13. The smallest absolute Gasteiger partial charge is 0.208 e. The molecule has 2 aromatic carbocycles. The van der Waals surface area contributed by atoms with Crippen molar-refractivity contribution in [1.82, 2.24) is 4.72 Å². The van der Waals surface area contributed by atoms with E-state index in [0.717, 1.165) is 29.6 Å². The fourth-order valence-electron chi connectivity index (χ4n) is 6.97. The summed E-state index contributed by atoms with van der Waals surface area (Å²) in [5.74, 6) is 2.42. The van der Waals surface area contributed by atoms with Crippen LogP contribution in [0.25, 0.3) is 10.8 Å². The average molecular weight is 418 g/mol. The third kappa shape index (κ3) is 3.00. The molecular weight excluding hydrogens is 390 g/mol. The minimum atomic E-state index is -3.62. The molecular formula is C23H28ClNO2S. The third-order valence-corrected chi connectivity index (χ3v) is 9.51. The van der Waals surface area contributed by atoms with Gasteiger partial charge < -0.3 is 0 Å². The van der Waals surface area contributed by atoms with Crippen molar-refractivity contribution in [3.05, 3.63) is 41.4 Å². The lowest BCUT2D eigenvalue weighted by Crippen LogP contribution is -2.56. The molecule has 0 aromatic heterocycles. The number of rotatable bonds is 5. The molecule has 28 heavy (non-hydrogen) atoms. The van der Waals surface area contributed by atoms with Crippen LogP contribution in [0.4, 0.5) is 0 Å². The Morgan fingerprint density at radius 1 is 1.00 bits per heavy atom. The lowest BCUT2D eigenvalue weighted by Gasteiger charge is -2.59. The number of fused-ring (bicyclic) bond motifs is 1. The van der Waals surface area contributed by atoms with Gasteiger partial charge in [0.25, 0.3) is 0 Å². The second kappa shape index (κ2) is 6.72. The monoisotopic (exact) mass is 417 g/mol. The first-order valence-electron chi connectivity index (χ1n) is 10.6. The molecule has 3 nitrogen and oxygen atoms in total. The molecule has 0 unspecified atom stereocenters. The van der Waals surface area contributed by atoms with Crippen LogP contribution in [0.1, 0.15) is 51.9 Å². The first kappa shape index (κ1) is 18.9. The number of sulfonamides is 1. The summed E-state index contributed by atoms with van der Waals surface area (Å²) in [5.41, 5.74) is 0.152. The molecule has 6 rings (SSSR count). The van der Waals surface area contributed by atoms with Crippen molar-refractivity contribution in [2.24, 2.45) is 23.2 Å². The van der Waals surface area contributed by atoms with Crippen molar-refractivity contribution in [1.29, 1.82) is 0 Å². The van der Waals surface area contributed by atoms with Crippen molar-refractivity contribution in [2.75, 3.05) is 0 Å². The fourth-order valence-corrected chi connectivity index (χ4v) is 8.83. The van der Waals surface area contributed by atoms with Gasteiger partial charge in [-0.15, -0.1) is 0 Å². The molecule has 4 aliphatic carbocycles. The van der Waals surface area contributed by atoms with E-state index in [1.807, 2.05) is 24.3 Å². The van der Waals surface area contributed by atoms with Gasteiger partial charge in [0.15, 0.2) is 0 Å². The Morgan fingerprint density at radius 2 is 1.57 bits per heavy atom. The zero-order valence-corrected chi connectivity index (χ0v) is 17.9. The van der Waals surface area contributed by atoms with E-state index >= 15 is 0 Å². The quantitative estimate of drug-likeness (QED) is 0.671. The lowest BCUT2D eigenvalue weighted by molar-refractivity contribution is -0.0704. The van der Waals surface area contributed by atoms with E-state index in [2.05, 4.69) is 11.6 Å². The molecule has 2 aromatic rings. The first-order chi connectivity index (χ1) is 13.4. The predicted octanol–water partition coefficient (Wildman–Crippen LogP) is 5.77. The van der Waals surface area contributed by atoms with Crippen molar-refractivity contribution in [3.8, 4) is 0 Å². The highest BCUT2D eigenvalue weighted by atomic mass is 35.5. The van der Waals surface area contributed by atoms with Crippen LogP contribution in [0, 0.1) is 23.2 Å². The minimum absolute atomic E-state index is 0.0142. The maximum absolute atomic E-state index is 13.5. The fraction of sp³-hybridized carbons (Fsp3) is 0.565. The van der Waals surface area contributed by atoms with E-state index in [1.165, 1.54) is 38.5 Å². The molecule has 0 saturated heterocycles. The molecule has 5 heteroatoms. The third-order valence-electron chi connectivity index (χ3n) is 7.65. The van der Waals surface area contributed by atoms with E-state index in [-0.39, 0.29) is 11.5 Å². The normalized spacial score (nSPS) is 32.7. The van der Waals surface area contributed by atoms with E-state index in [4.69, 9.17) is 11.6 Å². The summed E-state index contributed by atoms with van der Waals surface area (Å²) in [6.07, 6.45) is 8.53. The second-order valence-corrected chi connectivity index (χ2v) is 11.5. The van der Waals surface area contributed by atoms with Gasteiger partial charge in [0.2, 0.25) is 10.0 Å². The summed E-state index contributed by atoms with van der Waals surface area (Å²) >= 11 is 6.31. The van der Waals surface area contributed by atoms with Gasteiger partial charge in [0.05, 0.1) is 4.90 Å². The van der Waals surface area contributed by atoms with Crippen molar-refractivity contribution >= 4 is 32.4 Å². The Bertz CT molecular complexity index is 981. The largest absolute Gasteiger partial charge is 0.241 e. The summed E-state index contributed by atoms with van der Waals surface area (Å²) < 4.78 is 30.1. The van der Waals surface area contributed by atoms with Gasteiger partial charge in [-0.2, -0.15) is 0 Å². The highest BCUT2D eigenvalue weighted by molar-refractivity contribution is 7.89. The van der Waals surface area contributed by atoms with E-state index in [0.29, 0.717) is 15.3 Å². The maximum Gasteiger partial charge on any atom is 0.241 e. The summed E-state index contributed by atoms with van der Waals surface area (Å²) in [5, 5.41) is 2.07. The molecule has 0 spiro atoms. The first-order valence-corrected chi connectivity index (χ1v) is 12.5. The van der Waals surface area contributed by atoms with Crippen LogP contribution in [-0.4, -0.2) is 14.5 Å². The molecule has 4 aliphatic rings. The van der Waals surface area contributed by atoms with Gasteiger partial charge in [0, 0.05) is 21.8 Å². The number of halogens is 1. The van der Waals surface area contributed by atoms with Gasteiger partial charge in [-0.1, -0.05) is 42.8 Å². The Kier molecular flexibility index (Phi) is 4.53. The topological polar surface area (TPSA) is 46.2 Å². The standard InChI is InChI=1S/C23H28ClNO2S/c1-2-22(23-12-15-9-16(13-23)11-17(10-15)14-23)25-28(26,27)21-8-7-20(24)18-5-3-4-6-19(18)21/h3-8,15-17,22,25H,2,9-14H2,1H3/t15?,16?,17?,22-,23?/m0/s1. The number of hydrogen-bond acceptors (Lipinski definition) is 2. The minimum Gasteiger partial charge on any atom is -0.208 e. The second-order valence-electron chi connectivity index (χ2n) is 9.45. The van der Waals surface area contributed by atoms with Gasteiger partial charge in [-0.05, 0) is 80.2 Å². The van der Waals surface area contributed by atoms with E-state index in [9.17, 15) is 8.42 Å². The predicted molar refractivity (Wildman–Crippen MR) is 114 cm³/mol. The SMILES string of the molecule is CC[C@H](NS(=O)(=O)c1ccc(Cl)c2ccccc12)C12CC3CC(CC(C3)C1)C2. The molecule has 1 N–H and O–H groups in total. The molecule has 0 radical (unpaired) electrons. The Labute approximate surface area is 172 Å². The Morgan fingerprint density at radius 3 is 2.14 bits per heavy atom. The number of hydrogen-bond donors (Lipinski definition) is 1. The van der Waals surface area contributed by atoms with Crippen LogP contribution in [0.15, 0.2) is 41.3 Å². The average Bonchev–Trinajstić information content (AvgIpc) is 2.65. The zero-order valence-electron chi connectivity index (χ0n) is 16.3. The molecule has 4 bridgehead atoms. The van der Waals surface area contributed by atoms with Crippen molar-refractivity contribution in [3.63, 3.8) is 0 Å². The summed E-state index contributed by atoms with van der Waals surface area (Å²) in [4.78, 5) is 0.343. The maximum atomic E-state index is 13.5. The number of nitrogens with one attached hydrogen (secondary N) is 1. The van der Waals surface area contributed by atoms with Crippen LogP contribution in [0.2, 0.25) is 5.02 Å². The van der Waals surface area contributed by atoms with Crippen LogP contribution >= 0.6 is 11.6 Å². The molecule has 4 saturated carbocycles. The lowest BCUT2D eigenvalue weighted by atomic mass is 9.47. The van der Waals surface area contributed by atoms with Gasteiger partial charge in [0.1, 0.15) is 0 Å². The molecule has 4 fully saturated rings. The van der Waals surface area contributed by atoms with Crippen LogP contribution < -0.4 is 4.72 Å². The van der Waals surface area contributed by atoms with Crippen LogP contribution in [0.3, 0.4) is 0 Å². The van der Waals surface area contributed by atoms with Gasteiger partial charge in [-0.25, -0.2) is 13.1 Å². The highest BCUT2D eigenvalue weighted by Crippen LogP contribution is 2.61. The number of benzene rings is 2. The van der Waals surface area contributed by atoms with Crippen LogP contribution in [-0.2, 0) is 10.0 Å². The zero-order chi connectivity index (χ0) is 19.5. The van der Waals surface area contributed by atoms with E-state index < -0.39 is 10.0 Å². The molecule has 1 atom stereocenters. The van der Waals surface area contributed by atoms with Crippen molar-refractivity contribution < 1.29 is 8.42 Å². The Balaban J connectivity index is 1.50. The Hall–Kier alpha value is -1.10. The summed E-state index contributed by atoms with van der Waals surface area (Å²) in [6, 6.07) is 10.9. The van der Waals surface area contributed by atoms with Crippen molar-refractivity contribution in [2.45, 2.75) is 62.8 Å². The van der Waals surface area contributed by atoms with Crippen LogP contribution in [0.5, 0.6) is 0 Å².